The third-order valence-electron chi connectivity index (χ3n) is 15.7. The van der Waals surface area contributed by atoms with Gasteiger partial charge in [0.2, 0.25) is 5.79 Å². The van der Waals surface area contributed by atoms with Gasteiger partial charge in [-0.25, -0.2) is 4.79 Å². The van der Waals surface area contributed by atoms with Crippen LogP contribution in [0.15, 0.2) is 47.6 Å². The Balaban J connectivity index is 0.000000863. The van der Waals surface area contributed by atoms with Crippen LogP contribution in [0.5, 0.6) is 0 Å². The number of cyclic esters (lactones) is 1. The Morgan fingerprint density at radius 1 is 0.782 bits per heavy atom. The first-order valence-electron chi connectivity index (χ1n) is 27.2. The maximum atomic E-state index is 14.5. The fourth-order valence-corrected chi connectivity index (χ4v) is 44.4. The molecule has 0 aromatic heterocycles. The third-order valence-corrected chi connectivity index (χ3v) is 36.5. The molecule has 25 heteroatoms. The average Bonchev–Trinajstić information content (AvgIpc) is 3.45. The van der Waals surface area contributed by atoms with E-state index >= 15 is 0 Å². The minimum atomic E-state index is -2.43. The van der Waals surface area contributed by atoms with Crippen LogP contribution >= 0.6 is 0 Å². The van der Waals surface area contributed by atoms with Gasteiger partial charge in [0.15, 0.2) is 5.78 Å². The first-order chi connectivity index (χ1) is 37.2. The van der Waals surface area contributed by atoms with E-state index in [2.05, 4.69) is 0 Å². The Kier molecular flexibility index (Phi) is 26.5. The van der Waals surface area contributed by atoms with Gasteiger partial charge in [-0.3, -0.25) is 19.2 Å². The van der Waals surface area contributed by atoms with Gasteiger partial charge in [0.25, 0.3) is 11.7 Å². The second-order valence-electron chi connectivity index (χ2n) is 21.5. The number of rotatable bonds is 9. The van der Waals surface area contributed by atoms with Crippen molar-refractivity contribution in [3.63, 3.8) is 0 Å². The zero-order valence-electron chi connectivity index (χ0n) is 46.7. The first-order valence-corrected chi connectivity index (χ1v) is 36.4. The number of aliphatic hydroxyl groups is 3. The van der Waals surface area contributed by atoms with Crippen molar-refractivity contribution in [2.45, 2.75) is 180 Å². The zero-order chi connectivity index (χ0) is 56.8. The van der Waals surface area contributed by atoms with Crippen molar-refractivity contribution < 1.29 is 84.0 Å². The Morgan fingerprint density at radius 2 is 1.45 bits per heavy atom. The van der Waals surface area contributed by atoms with Gasteiger partial charge in [-0.15, -0.1) is 0 Å². The number of piperidine rings is 1. The summed E-state index contributed by atoms with van der Waals surface area (Å²) in [6.07, 6.45) is 12.0. The fraction of sp³-hybridized carbons (Fsp3) is 0.755. The Bertz CT molecular complexity index is 2090. The Hall–Kier alpha value is -1.42. The van der Waals surface area contributed by atoms with Gasteiger partial charge >= 0.3 is 85.0 Å². The fourth-order valence-electron chi connectivity index (χ4n) is 11.0. The number of hydrogen-bond donors (Lipinski definition) is 3. The van der Waals surface area contributed by atoms with Gasteiger partial charge in [-0.2, -0.15) is 0 Å². The molecule has 7 fully saturated rings. The summed E-state index contributed by atoms with van der Waals surface area (Å²) >= 11 is -7.31. The molecule has 1 amide bonds. The number of allylic oxidation sites excluding steroid dienone is 6. The number of methoxy groups -OCH3 is 3. The molecule has 7 heterocycles. The standard InChI is InChI=1S/C53H83NO14.As4O6/c1-32-16-12-11-13-17-33(2)44(63-8)30-40-21-19-38(7)53(62,68-40)50(59)51(60)54-23-15-14-18-41(54)52(61)67-45(35(4)28-39-20-22-43(66-25-24-55)46(29-39)64-9)31-42(56)34(3)27-37(6)48(58)49(65-10)47(57)36(5)26-32;5-1-6-3-8-2(5)9-4(7-1)10-3/h11-13,16-17,27,32,34-36,38-41,43-46,48-49,55,58,62H,14-15,18-26,28-31H2,1-10H3;/b13-11+,16-12+,33-17+,37-27+;/t32-,34-,35-,36-,38-,39+,40+,41+,43-,44+,45+,46-,48-,49+,53-;/m1./s1. The van der Waals surface area contributed by atoms with Crippen molar-refractivity contribution in [3.05, 3.63) is 47.6 Å². The molecule has 3 N–H and O–H groups in total. The van der Waals surface area contributed by atoms with Crippen LogP contribution in [-0.4, -0.2) is 208 Å². The van der Waals surface area contributed by atoms with Crippen LogP contribution in [-0.2, 0) is 68.7 Å². The number of Topliss-reactive ketones (excluding diaryl/α,β-unsaturated/α-hetero) is 3. The molecule has 8 aliphatic rings. The molecule has 1 saturated carbocycles. The number of ketones is 3. The average molecular weight is 1350 g/mol. The summed E-state index contributed by atoms with van der Waals surface area (Å²) < 4.78 is 66.9. The quantitative estimate of drug-likeness (QED) is 0.126. The van der Waals surface area contributed by atoms with Crippen molar-refractivity contribution in [1.82, 2.24) is 4.90 Å². The molecular formula is C53H83As4NO20. The SMILES string of the molecule is CO[C@H]1C[C@@H]2CC[C@@H](C)[C@@](O)(O2)C(=O)C(=O)N2CCCC[C@H]2C(=O)O[C@H]([C@H](C)C[C@@H]2CC[C@@H](OCCO)[C@H](OC)C2)CC(=O)[C@H](C)/C=C(\C)[C@@H](O)[C@@H](OC)C(=O)[C@H](C)C[C@H](C)/C=C/C=C/C=C/1C.O1[As]2O[As]3O[As]1O[As](O2)O3. The predicted molar refractivity (Wildman–Crippen MR) is 285 cm³/mol. The summed E-state index contributed by atoms with van der Waals surface area (Å²) in [6, 6.07) is -1.14. The normalized spacial score (nSPS) is 41.5. The van der Waals surface area contributed by atoms with Crippen molar-refractivity contribution in [2.24, 2.45) is 35.5 Å². The summed E-state index contributed by atoms with van der Waals surface area (Å²) in [5, 5.41) is 32.8. The topological polar surface area (TPSA) is 260 Å². The summed E-state index contributed by atoms with van der Waals surface area (Å²) in [6.45, 7) is 12.9. The van der Waals surface area contributed by atoms with Crippen molar-refractivity contribution in [2.75, 3.05) is 41.1 Å². The van der Waals surface area contributed by atoms with Gasteiger partial charge in [-0.1, -0.05) is 71.1 Å². The number of nitrogens with zero attached hydrogens (tertiary/aromatic N) is 1. The first kappa shape index (κ1) is 65.7. The van der Waals surface area contributed by atoms with Crippen molar-refractivity contribution in [3.8, 4) is 0 Å². The molecule has 15 atom stereocenters. The van der Waals surface area contributed by atoms with Crippen LogP contribution < -0.4 is 0 Å². The second-order valence-corrected chi connectivity index (χ2v) is 38.0. The molecule has 1 aliphatic carbocycles. The van der Waals surface area contributed by atoms with E-state index in [0.717, 1.165) is 12.0 Å². The van der Waals surface area contributed by atoms with E-state index in [9.17, 15) is 39.3 Å². The number of carbonyl (C=O) groups excluding carboxylic acids is 5. The van der Waals surface area contributed by atoms with Crippen LogP contribution in [0.3, 0.4) is 0 Å². The molecule has 21 nitrogen and oxygen atoms in total. The van der Waals surface area contributed by atoms with Crippen LogP contribution in [0.4, 0.5) is 0 Å². The van der Waals surface area contributed by atoms with Gasteiger partial charge in [-0.05, 0) is 107 Å². The Morgan fingerprint density at radius 3 is 2.06 bits per heavy atom. The second kappa shape index (κ2) is 31.5. The Labute approximate surface area is 482 Å². The summed E-state index contributed by atoms with van der Waals surface area (Å²) in [5.41, 5.74) is 1.26. The van der Waals surface area contributed by atoms with E-state index in [-0.39, 0.29) is 74.1 Å². The van der Waals surface area contributed by atoms with Gasteiger partial charge < -0.3 is 48.6 Å². The number of esters is 1. The molecule has 6 saturated heterocycles. The van der Waals surface area contributed by atoms with Crippen LogP contribution in [0.1, 0.15) is 126 Å². The maximum absolute atomic E-state index is 14.5. The van der Waals surface area contributed by atoms with E-state index in [0.29, 0.717) is 63.4 Å². The van der Waals surface area contributed by atoms with E-state index in [4.69, 9.17) is 44.7 Å². The van der Waals surface area contributed by atoms with Crippen LogP contribution in [0.2, 0.25) is 0 Å². The molecule has 0 aromatic rings. The summed E-state index contributed by atoms with van der Waals surface area (Å²) in [7, 11) is 4.58. The third kappa shape index (κ3) is 17.8. The molecule has 6 bridgehead atoms. The number of aliphatic hydroxyl groups excluding tert-OH is 2. The zero-order valence-corrected chi connectivity index (χ0v) is 54.2. The monoisotopic (exact) mass is 1350 g/mol. The van der Waals surface area contributed by atoms with Gasteiger partial charge in [0.05, 0.1) is 37.6 Å². The molecule has 0 aromatic carbocycles. The van der Waals surface area contributed by atoms with E-state index in [1.54, 1.807) is 41.1 Å². The van der Waals surface area contributed by atoms with Crippen LogP contribution in [0.25, 0.3) is 0 Å². The van der Waals surface area contributed by atoms with Crippen molar-refractivity contribution in [1.29, 1.82) is 0 Å². The van der Waals surface area contributed by atoms with Crippen molar-refractivity contribution >= 4 is 91.9 Å². The number of carbonyl (C=O) groups is 5. The van der Waals surface area contributed by atoms with Gasteiger partial charge in [0.1, 0.15) is 30.1 Å². The molecule has 7 aliphatic heterocycles. The molecule has 8 rings (SSSR count). The summed E-state index contributed by atoms with van der Waals surface area (Å²) in [5.74, 6) is -7.96. The molecule has 78 heavy (non-hydrogen) atoms. The molecular weight excluding hydrogens is 1270 g/mol. The van der Waals surface area contributed by atoms with E-state index in [1.807, 2.05) is 58.1 Å². The number of amides is 1. The van der Waals surface area contributed by atoms with Crippen LogP contribution in [0, 0.1) is 35.5 Å². The molecule has 0 unspecified atom stereocenters. The van der Waals surface area contributed by atoms with E-state index < -0.39 is 140 Å². The van der Waals surface area contributed by atoms with E-state index in [1.165, 1.54) is 12.0 Å². The number of fused-ring (bicyclic) bond motifs is 3. The number of hydrogen-bond acceptors (Lipinski definition) is 20. The molecule has 0 spiro atoms. The summed E-state index contributed by atoms with van der Waals surface area (Å²) in [4.78, 5) is 72.1. The van der Waals surface area contributed by atoms with Gasteiger partial charge in [0, 0.05) is 58.5 Å². The minimum absolute atomic E-state index is 0.0158. The molecule has 0 radical (unpaired) electrons. The number of ether oxygens (including phenoxy) is 6. The predicted octanol–water partition coefficient (Wildman–Crippen LogP) is 4.26. The molecule has 440 valence electrons.